The Morgan fingerprint density at radius 3 is 2.53 bits per heavy atom. The Bertz CT molecular complexity index is 1570. The fraction of sp³-hybridized carbons (Fsp3) is 0.455. The number of hydrogen-bond acceptors (Lipinski definition) is 11. The number of carbonyl (C=O) groups is 4. The number of carboxylic acids is 1. The Morgan fingerprint density at radius 1 is 1.07 bits per heavy atom. The number of aliphatic carboxylic acids is 1. The summed E-state index contributed by atoms with van der Waals surface area (Å²) < 4.78 is 27.6. The molecule has 1 fully saturated rings. The smallest absolute Gasteiger partial charge is 0.349 e. The molecule has 1 aliphatic heterocycles. The molecule has 12 heteroatoms. The van der Waals surface area contributed by atoms with Crippen LogP contribution in [0.25, 0.3) is 0 Å². The molecule has 0 radical (unpaired) electrons. The summed E-state index contributed by atoms with van der Waals surface area (Å²) in [5.41, 5.74) is 0.201. The lowest BCUT2D eigenvalue weighted by atomic mass is 9.47. The van der Waals surface area contributed by atoms with Gasteiger partial charge in [-0.3, -0.25) is 4.79 Å². The molecule has 2 aromatic rings. The number of benzene rings is 2. The SMILES string of the molecule is COc1ccc2c3c1O[C@@H]1C(OC(=O)C[C@H](O)C(=O)O[C@@H](C)C(=O)O[C@H](C(=O)O)c4ccccc4)=CC[C@]4(O)[C@@H](CCC[C@@]314)C2. The minimum absolute atomic E-state index is 0.00133. The zero-order valence-electron chi connectivity index (χ0n) is 24.8. The molecule has 0 saturated heterocycles. The highest BCUT2D eigenvalue weighted by Gasteiger charge is 2.71. The van der Waals surface area contributed by atoms with Crippen molar-refractivity contribution < 1.29 is 58.2 Å². The van der Waals surface area contributed by atoms with Crippen LogP contribution < -0.4 is 9.47 Å². The van der Waals surface area contributed by atoms with Gasteiger partial charge >= 0.3 is 23.9 Å². The second-order valence-corrected chi connectivity index (χ2v) is 12.0. The lowest BCUT2D eigenvalue weighted by molar-refractivity contribution is -0.180. The molecule has 0 aromatic heterocycles. The van der Waals surface area contributed by atoms with Gasteiger partial charge in [0.25, 0.3) is 0 Å². The Balaban J connectivity index is 1.12. The number of rotatable bonds is 10. The first-order valence-electron chi connectivity index (χ1n) is 14.9. The van der Waals surface area contributed by atoms with Gasteiger partial charge in [-0.15, -0.1) is 0 Å². The number of methoxy groups -OCH3 is 1. The van der Waals surface area contributed by atoms with Crippen molar-refractivity contribution in [1.29, 1.82) is 0 Å². The van der Waals surface area contributed by atoms with E-state index in [1.807, 2.05) is 12.1 Å². The lowest BCUT2D eigenvalue weighted by Crippen LogP contribution is -2.67. The first-order chi connectivity index (χ1) is 21.5. The van der Waals surface area contributed by atoms with Crippen LogP contribution in [0.3, 0.4) is 0 Å². The van der Waals surface area contributed by atoms with Crippen molar-refractivity contribution in [3.8, 4) is 11.5 Å². The molecule has 0 amide bonds. The topological polar surface area (TPSA) is 175 Å². The Labute approximate surface area is 258 Å². The number of aliphatic hydroxyl groups excluding tert-OH is 1. The summed E-state index contributed by atoms with van der Waals surface area (Å²) in [6.07, 6.45) is -1.92. The lowest BCUT2D eigenvalue weighted by Gasteiger charge is -2.59. The number of aliphatic hydroxyl groups is 2. The van der Waals surface area contributed by atoms with Crippen molar-refractivity contribution in [1.82, 2.24) is 0 Å². The Morgan fingerprint density at radius 2 is 1.82 bits per heavy atom. The van der Waals surface area contributed by atoms with Crippen molar-refractivity contribution in [2.75, 3.05) is 7.11 Å². The van der Waals surface area contributed by atoms with Crippen molar-refractivity contribution in [2.24, 2.45) is 5.92 Å². The number of carboxylic acid groups (broad SMARTS) is 1. The first-order valence-corrected chi connectivity index (χ1v) is 14.9. The third-order valence-electron chi connectivity index (χ3n) is 9.52. The minimum Gasteiger partial charge on any atom is -0.493 e. The summed E-state index contributed by atoms with van der Waals surface area (Å²) in [5, 5.41) is 32.1. The molecular weight excluding hydrogens is 588 g/mol. The van der Waals surface area contributed by atoms with Crippen molar-refractivity contribution in [2.45, 2.75) is 80.9 Å². The predicted molar refractivity (Wildman–Crippen MR) is 153 cm³/mol. The second-order valence-electron chi connectivity index (χ2n) is 12.0. The van der Waals surface area contributed by atoms with Crippen LogP contribution in [-0.2, 0) is 45.2 Å². The van der Waals surface area contributed by atoms with E-state index in [1.165, 1.54) is 19.2 Å². The molecule has 2 aromatic carbocycles. The van der Waals surface area contributed by atoms with E-state index in [0.29, 0.717) is 24.3 Å². The maximum atomic E-state index is 13.0. The molecule has 1 saturated carbocycles. The summed E-state index contributed by atoms with van der Waals surface area (Å²) in [6.45, 7) is 1.15. The van der Waals surface area contributed by atoms with E-state index in [1.54, 1.807) is 24.3 Å². The molecule has 4 aliphatic rings. The fourth-order valence-corrected chi connectivity index (χ4v) is 7.50. The number of hydrogen-bond donors (Lipinski definition) is 3. The van der Waals surface area contributed by atoms with Gasteiger partial charge in [-0.05, 0) is 56.2 Å². The van der Waals surface area contributed by atoms with Gasteiger partial charge in [0.1, 0.15) is 5.76 Å². The molecule has 6 rings (SSSR count). The van der Waals surface area contributed by atoms with E-state index >= 15 is 0 Å². The minimum atomic E-state index is -1.99. The maximum Gasteiger partial charge on any atom is 0.349 e. The summed E-state index contributed by atoms with van der Waals surface area (Å²) >= 11 is 0. The summed E-state index contributed by atoms with van der Waals surface area (Å²) in [5.74, 6) is -3.62. The molecule has 12 nitrogen and oxygen atoms in total. The van der Waals surface area contributed by atoms with Gasteiger partial charge < -0.3 is 39.0 Å². The molecule has 3 N–H and O–H groups in total. The average Bonchev–Trinajstić information content (AvgIpc) is 3.36. The highest BCUT2D eigenvalue weighted by molar-refractivity contribution is 5.86. The monoisotopic (exact) mass is 622 g/mol. The van der Waals surface area contributed by atoms with Crippen LogP contribution in [0.2, 0.25) is 0 Å². The standard InChI is InChI=1S/C33H34O12/c1-17(30(38)45-26(29(36)37)18-7-4-3-5-8-18)42-31(39)21(34)16-24(35)43-23-12-14-33(40)20-9-6-13-32(33)25-19(15-20)10-11-22(41-2)27(25)44-28(23)32/h3-5,7-8,10-12,17,20-21,26,28,34,40H,6,9,13-16H2,1-2H3,(H,36,37)/t17-,20-,21-,26-,28+,32+,33-/m0/s1. The molecule has 0 unspecified atom stereocenters. The van der Waals surface area contributed by atoms with Gasteiger partial charge in [0.05, 0.1) is 24.5 Å². The van der Waals surface area contributed by atoms with Crippen molar-refractivity contribution >= 4 is 23.9 Å². The van der Waals surface area contributed by atoms with Crippen LogP contribution >= 0.6 is 0 Å². The molecule has 1 heterocycles. The van der Waals surface area contributed by atoms with Crippen LogP contribution in [-0.4, -0.2) is 70.2 Å². The summed E-state index contributed by atoms with van der Waals surface area (Å²) in [4.78, 5) is 49.7. The molecular formula is C33H34O12. The third kappa shape index (κ3) is 4.92. The molecule has 238 valence electrons. The third-order valence-corrected chi connectivity index (χ3v) is 9.52. The second kappa shape index (κ2) is 11.5. The predicted octanol–water partition coefficient (Wildman–Crippen LogP) is 2.66. The Hall–Kier alpha value is -4.42. The van der Waals surface area contributed by atoms with Crippen LogP contribution in [0, 0.1) is 5.92 Å². The largest absolute Gasteiger partial charge is 0.493 e. The Kier molecular flexibility index (Phi) is 7.82. The number of carbonyl (C=O) groups excluding carboxylic acids is 3. The van der Waals surface area contributed by atoms with E-state index in [9.17, 15) is 34.5 Å². The van der Waals surface area contributed by atoms with Gasteiger partial charge in [0.15, 0.2) is 29.8 Å². The number of esters is 3. The van der Waals surface area contributed by atoms with E-state index in [4.69, 9.17) is 23.7 Å². The van der Waals surface area contributed by atoms with Gasteiger partial charge in [0, 0.05) is 11.1 Å². The molecule has 3 aliphatic carbocycles. The summed E-state index contributed by atoms with van der Waals surface area (Å²) in [7, 11) is 1.53. The van der Waals surface area contributed by atoms with Crippen molar-refractivity contribution in [3.63, 3.8) is 0 Å². The van der Waals surface area contributed by atoms with E-state index in [0.717, 1.165) is 30.9 Å². The van der Waals surface area contributed by atoms with Gasteiger partial charge in [-0.1, -0.05) is 42.8 Å². The van der Waals surface area contributed by atoms with Gasteiger partial charge in [-0.25, -0.2) is 14.4 Å². The molecule has 7 atom stereocenters. The maximum absolute atomic E-state index is 13.0. The van der Waals surface area contributed by atoms with E-state index in [2.05, 4.69) is 0 Å². The first kappa shape index (κ1) is 30.6. The summed E-state index contributed by atoms with van der Waals surface area (Å²) in [6, 6.07) is 11.6. The number of ether oxygens (including phenoxy) is 5. The molecule has 1 spiro atoms. The average molecular weight is 623 g/mol. The van der Waals surface area contributed by atoms with Crippen LogP contribution in [0.4, 0.5) is 0 Å². The fourth-order valence-electron chi connectivity index (χ4n) is 7.50. The molecule has 45 heavy (non-hydrogen) atoms. The quantitative estimate of drug-likeness (QED) is 0.261. The van der Waals surface area contributed by atoms with Gasteiger partial charge in [-0.2, -0.15) is 0 Å². The normalized spacial score (nSPS) is 27.4. The zero-order chi connectivity index (χ0) is 32.1. The van der Waals surface area contributed by atoms with Crippen molar-refractivity contribution in [3.05, 3.63) is 71.0 Å². The van der Waals surface area contributed by atoms with Crippen LogP contribution in [0.15, 0.2) is 54.3 Å². The molecule has 2 bridgehead atoms. The van der Waals surface area contributed by atoms with E-state index in [-0.39, 0.29) is 23.7 Å². The van der Waals surface area contributed by atoms with Gasteiger partial charge in [0.2, 0.25) is 6.10 Å². The van der Waals surface area contributed by atoms with Crippen LogP contribution in [0.5, 0.6) is 11.5 Å². The highest BCUT2D eigenvalue weighted by atomic mass is 16.6. The van der Waals surface area contributed by atoms with E-state index < -0.39 is 65.7 Å². The highest BCUT2D eigenvalue weighted by Crippen LogP contribution is 2.67. The van der Waals surface area contributed by atoms with Crippen LogP contribution in [0.1, 0.15) is 61.8 Å². The zero-order valence-corrected chi connectivity index (χ0v) is 24.8.